The van der Waals surface area contributed by atoms with E-state index in [2.05, 4.69) is 21.3 Å². The van der Waals surface area contributed by atoms with Crippen LogP contribution in [0.1, 0.15) is 33.2 Å². The largest absolute Gasteiger partial charge is 0.508 e. The van der Waals surface area contributed by atoms with E-state index in [9.17, 15) is 9.90 Å². The lowest BCUT2D eigenvalue weighted by Gasteiger charge is -2.16. The Hall–Kier alpha value is -2.79. The number of amides is 1. The molecule has 1 atom stereocenters. The quantitative estimate of drug-likeness (QED) is 0.695. The summed E-state index contributed by atoms with van der Waals surface area (Å²) in [5.41, 5.74) is 4.63. The van der Waals surface area contributed by atoms with Crippen LogP contribution in [0.2, 0.25) is 0 Å². The van der Waals surface area contributed by atoms with Gasteiger partial charge in [-0.3, -0.25) is 4.79 Å². The highest BCUT2D eigenvalue weighted by Crippen LogP contribution is 2.38. The summed E-state index contributed by atoms with van der Waals surface area (Å²) in [7, 11) is 4.03. The molecule has 5 heteroatoms. The second kappa shape index (κ2) is 5.39. The molecule has 5 nitrogen and oxygen atoms in total. The van der Waals surface area contributed by atoms with Crippen LogP contribution in [0.5, 0.6) is 5.75 Å². The van der Waals surface area contributed by atoms with Gasteiger partial charge in [-0.25, -0.2) is 0 Å². The zero-order valence-electron chi connectivity index (χ0n) is 13.6. The van der Waals surface area contributed by atoms with Crippen molar-refractivity contribution < 1.29 is 9.90 Å². The number of H-pyrrole nitrogens is 1. The number of benzene rings is 2. The summed E-state index contributed by atoms with van der Waals surface area (Å²) in [6.07, 6.45) is 0. The van der Waals surface area contributed by atoms with E-state index in [0.717, 1.165) is 34.3 Å². The number of nitrogens with one attached hydrogen (secondary N) is 2. The number of hydrogen-bond acceptors (Lipinski definition) is 3. The lowest BCUT2D eigenvalue weighted by Crippen LogP contribution is -2.22. The molecule has 3 N–H and O–H groups in total. The predicted octanol–water partition coefficient (Wildman–Crippen LogP) is 2.77. The van der Waals surface area contributed by atoms with Gasteiger partial charge in [0.15, 0.2) is 0 Å². The second-order valence-electron chi connectivity index (χ2n) is 6.48. The molecule has 2 heterocycles. The van der Waals surface area contributed by atoms with E-state index < -0.39 is 0 Å². The monoisotopic (exact) mass is 321 g/mol. The van der Waals surface area contributed by atoms with Crippen LogP contribution >= 0.6 is 0 Å². The Morgan fingerprint density at radius 3 is 2.75 bits per heavy atom. The minimum Gasteiger partial charge on any atom is -0.508 e. The number of phenolic OH excluding ortho intramolecular Hbond substituents is 1. The number of aromatic nitrogens is 1. The first-order chi connectivity index (χ1) is 11.5. The Bertz CT molecular complexity index is 943. The van der Waals surface area contributed by atoms with Crippen molar-refractivity contribution in [1.29, 1.82) is 0 Å². The molecule has 0 spiro atoms. The molecular weight excluding hydrogens is 302 g/mol. The molecule has 3 aromatic rings. The van der Waals surface area contributed by atoms with Crippen LogP contribution in [0, 0.1) is 0 Å². The number of aromatic hydroxyl groups is 1. The Kier molecular flexibility index (Phi) is 3.32. The third-order valence-corrected chi connectivity index (χ3v) is 4.46. The number of carbonyl (C=O) groups is 1. The van der Waals surface area contributed by atoms with E-state index in [4.69, 9.17) is 0 Å². The predicted molar refractivity (Wildman–Crippen MR) is 93.1 cm³/mol. The summed E-state index contributed by atoms with van der Waals surface area (Å²) in [6.45, 7) is 0.741. The molecular formula is C19H19N3O2. The standard InChI is InChI=1S/C19H19N3O2/c1-22(2)10-16-17(13-5-3-4-6-15(13)20-16)18-14-9-11(23)7-8-12(14)19(24)21-18/h3-9,18,20,23H,10H2,1-2H3,(H,21,24)/t18-/m1/s1. The van der Waals surface area contributed by atoms with Gasteiger partial charge in [0, 0.05) is 34.3 Å². The topological polar surface area (TPSA) is 68.4 Å². The highest BCUT2D eigenvalue weighted by atomic mass is 16.3. The first kappa shape index (κ1) is 14.8. The second-order valence-corrected chi connectivity index (χ2v) is 6.48. The van der Waals surface area contributed by atoms with Gasteiger partial charge in [0.2, 0.25) is 0 Å². The van der Waals surface area contributed by atoms with Gasteiger partial charge in [-0.05, 0) is 43.9 Å². The van der Waals surface area contributed by atoms with Gasteiger partial charge < -0.3 is 20.3 Å². The molecule has 1 aliphatic rings. The number of aromatic amines is 1. The fourth-order valence-corrected chi connectivity index (χ4v) is 3.50. The van der Waals surface area contributed by atoms with Crippen LogP contribution in [0.3, 0.4) is 0 Å². The number of nitrogens with zero attached hydrogens (tertiary/aromatic N) is 1. The maximum atomic E-state index is 12.3. The third-order valence-electron chi connectivity index (χ3n) is 4.46. The van der Waals surface area contributed by atoms with Gasteiger partial charge in [0.25, 0.3) is 5.91 Å². The Morgan fingerprint density at radius 1 is 1.17 bits per heavy atom. The van der Waals surface area contributed by atoms with Crippen molar-refractivity contribution in [2.45, 2.75) is 12.6 Å². The first-order valence-corrected chi connectivity index (χ1v) is 7.92. The van der Waals surface area contributed by atoms with Gasteiger partial charge in [-0.2, -0.15) is 0 Å². The number of rotatable bonds is 3. The Labute approximate surface area is 139 Å². The van der Waals surface area contributed by atoms with E-state index >= 15 is 0 Å². The molecule has 1 aliphatic heterocycles. The average molecular weight is 321 g/mol. The number of phenols is 1. The molecule has 24 heavy (non-hydrogen) atoms. The Balaban J connectivity index is 1.94. The normalized spacial score (nSPS) is 16.6. The summed E-state index contributed by atoms with van der Waals surface area (Å²) in [5.74, 6) is 0.0698. The summed E-state index contributed by atoms with van der Waals surface area (Å²) in [5, 5.41) is 14.0. The maximum Gasteiger partial charge on any atom is 0.252 e. The van der Waals surface area contributed by atoms with Crippen molar-refractivity contribution in [1.82, 2.24) is 15.2 Å². The molecule has 2 aromatic carbocycles. The third kappa shape index (κ3) is 2.25. The summed E-state index contributed by atoms with van der Waals surface area (Å²) < 4.78 is 0. The van der Waals surface area contributed by atoms with Crippen LogP contribution in [0.4, 0.5) is 0 Å². The fourth-order valence-electron chi connectivity index (χ4n) is 3.50. The molecule has 1 aromatic heterocycles. The lowest BCUT2D eigenvalue weighted by atomic mass is 9.95. The highest BCUT2D eigenvalue weighted by molar-refractivity contribution is 6.01. The van der Waals surface area contributed by atoms with E-state index in [1.54, 1.807) is 18.2 Å². The van der Waals surface area contributed by atoms with Crippen molar-refractivity contribution in [2.24, 2.45) is 0 Å². The fraction of sp³-hybridized carbons (Fsp3) is 0.211. The molecule has 0 bridgehead atoms. The zero-order chi connectivity index (χ0) is 16.8. The van der Waals surface area contributed by atoms with Crippen molar-refractivity contribution in [3.05, 3.63) is 64.8 Å². The summed E-state index contributed by atoms with van der Waals surface area (Å²) >= 11 is 0. The summed E-state index contributed by atoms with van der Waals surface area (Å²) in [4.78, 5) is 17.9. The van der Waals surface area contributed by atoms with Crippen LogP contribution in [0.25, 0.3) is 10.9 Å². The van der Waals surface area contributed by atoms with Gasteiger partial charge >= 0.3 is 0 Å². The molecule has 1 amide bonds. The Morgan fingerprint density at radius 2 is 1.96 bits per heavy atom. The maximum absolute atomic E-state index is 12.3. The minimum absolute atomic E-state index is 0.101. The van der Waals surface area contributed by atoms with Gasteiger partial charge in [-0.1, -0.05) is 18.2 Å². The van der Waals surface area contributed by atoms with Gasteiger partial charge in [0.1, 0.15) is 5.75 Å². The first-order valence-electron chi connectivity index (χ1n) is 7.92. The van der Waals surface area contributed by atoms with E-state index in [1.807, 2.05) is 32.3 Å². The minimum atomic E-state index is -0.259. The number of para-hydroxylation sites is 1. The van der Waals surface area contributed by atoms with Crippen LogP contribution in [-0.2, 0) is 6.54 Å². The molecule has 4 rings (SSSR count). The van der Waals surface area contributed by atoms with Gasteiger partial charge in [0.05, 0.1) is 6.04 Å². The molecule has 0 aliphatic carbocycles. The number of hydrogen-bond donors (Lipinski definition) is 3. The van der Waals surface area contributed by atoms with Crippen LogP contribution in [0.15, 0.2) is 42.5 Å². The van der Waals surface area contributed by atoms with Crippen molar-refractivity contribution >= 4 is 16.8 Å². The van der Waals surface area contributed by atoms with Crippen LogP contribution in [-0.4, -0.2) is 35.0 Å². The van der Waals surface area contributed by atoms with E-state index in [-0.39, 0.29) is 17.7 Å². The smallest absolute Gasteiger partial charge is 0.252 e. The SMILES string of the molecule is CN(C)Cc1[nH]c2ccccc2c1[C@@H]1NC(=O)c2ccc(O)cc21. The molecule has 0 saturated heterocycles. The number of fused-ring (bicyclic) bond motifs is 2. The average Bonchev–Trinajstić information content (AvgIpc) is 3.04. The zero-order valence-corrected chi connectivity index (χ0v) is 13.6. The van der Waals surface area contributed by atoms with E-state index in [0.29, 0.717) is 5.56 Å². The molecule has 122 valence electrons. The molecule has 0 fully saturated rings. The van der Waals surface area contributed by atoms with Crippen LogP contribution < -0.4 is 5.32 Å². The van der Waals surface area contributed by atoms with Crippen molar-refractivity contribution in [3.63, 3.8) is 0 Å². The van der Waals surface area contributed by atoms with Gasteiger partial charge in [-0.15, -0.1) is 0 Å². The van der Waals surface area contributed by atoms with Crippen molar-refractivity contribution in [2.75, 3.05) is 14.1 Å². The summed E-state index contributed by atoms with van der Waals surface area (Å²) in [6, 6.07) is 12.8. The lowest BCUT2D eigenvalue weighted by molar-refractivity contribution is 0.0960. The molecule has 0 unspecified atom stereocenters. The number of carbonyl (C=O) groups excluding carboxylic acids is 1. The van der Waals surface area contributed by atoms with E-state index in [1.165, 1.54) is 0 Å². The van der Waals surface area contributed by atoms with Crippen molar-refractivity contribution in [3.8, 4) is 5.75 Å². The highest BCUT2D eigenvalue weighted by Gasteiger charge is 2.33. The molecule has 0 saturated carbocycles. The molecule has 0 radical (unpaired) electrons.